The zero-order valence-corrected chi connectivity index (χ0v) is 17.2. The summed E-state index contributed by atoms with van der Waals surface area (Å²) in [5.74, 6) is -0.183. The Morgan fingerprint density at radius 2 is 1.46 bits per heavy atom. The van der Waals surface area contributed by atoms with Gasteiger partial charge in [-0.15, -0.1) is 0 Å². The minimum absolute atomic E-state index is 0.183. The van der Waals surface area contributed by atoms with Crippen LogP contribution in [-0.4, -0.2) is 31.2 Å². The summed E-state index contributed by atoms with van der Waals surface area (Å²) in [5, 5.41) is 5.51. The van der Waals surface area contributed by atoms with E-state index >= 15 is 0 Å². The van der Waals surface area contributed by atoms with Crippen LogP contribution in [-0.2, 0) is 4.74 Å². The van der Waals surface area contributed by atoms with E-state index < -0.39 is 11.7 Å². The van der Waals surface area contributed by atoms with Crippen LogP contribution in [0.3, 0.4) is 0 Å². The molecule has 0 unspecified atom stereocenters. The molecule has 2 rings (SSSR count). The SMILES string of the molecule is CCCN(C)c1ccc(C(=O)Nc2ccc(NC(=O)OC(C)(C)C)cc2)cc1. The highest BCUT2D eigenvalue weighted by Gasteiger charge is 2.16. The first-order valence-corrected chi connectivity index (χ1v) is 9.40. The fourth-order valence-corrected chi connectivity index (χ4v) is 2.59. The zero-order valence-electron chi connectivity index (χ0n) is 17.2. The Balaban J connectivity index is 1.94. The van der Waals surface area contributed by atoms with Gasteiger partial charge in [0, 0.05) is 36.2 Å². The summed E-state index contributed by atoms with van der Waals surface area (Å²) in [7, 11) is 2.03. The summed E-state index contributed by atoms with van der Waals surface area (Å²) in [5.41, 5.74) is 2.35. The van der Waals surface area contributed by atoms with Crippen LogP contribution in [0, 0.1) is 0 Å². The van der Waals surface area contributed by atoms with E-state index in [2.05, 4.69) is 22.5 Å². The second-order valence-corrected chi connectivity index (χ2v) is 7.63. The number of rotatable bonds is 6. The quantitative estimate of drug-likeness (QED) is 0.725. The lowest BCUT2D eigenvalue weighted by Gasteiger charge is -2.19. The van der Waals surface area contributed by atoms with Crippen molar-refractivity contribution in [1.29, 1.82) is 0 Å². The van der Waals surface area contributed by atoms with Crippen LogP contribution in [0.15, 0.2) is 48.5 Å². The highest BCUT2D eigenvalue weighted by Crippen LogP contribution is 2.18. The van der Waals surface area contributed by atoms with E-state index in [4.69, 9.17) is 4.74 Å². The second-order valence-electron chi connectivity index (χ2n) is 7.63. The van der Waals surface area contributed by atoms with Crippen molar-refractivity contribution in [1.82, 2.24) is 0 Å². The minimum Gasteiger partial charge on any atom is -0.444 e. The van der Waals surface area contributed by atoms with Crippen molar-refractivity contribution in [3.63, 3.8) is 0 Å². The third-order valence-corrected chi connectivity index (χ3v) is 3.92. The van der Waals surface area contributed by atoms with E-state index in [-0.39, 0.29) is 5.91 Å². The number of carbonyl (C=O) groups excluding carboxylic acids is 2. The molecule has 2 aromatic rings. The molecule has 28 heavy (non-hydrogen) atoms. The summed E-state index contributed by atoms with van der Waals surface area (Å²) in [4.78, 5) is 26.4. The lowest BCUT2D eigenvalue weighted by atomic mass is 10.1. The second kappa shape index (κ2) is 9.26. The predicted octanol–water partition coefficient (Wildman–Crippen LogP) is 5.13. The van der Waals surface area contributed by atoms with E-state index in [0.29, 0.717) is 16.9 Å². The number of ether oxygens (including phenoxy) is 1. The van der Waals surface area contributed by atoms with E-state index in [0.717, 1.165) is 18.7 Å². The Bertz CT molecular complexity index is 793. The zero-order chi connectivity index (χ0) is 20.7. The van der Waals surface area contributed by atoms with Gasteiger partial charge in [0.15, 0.2) is 0 Å². The monoisotopic (exact) mass is 383 g/mol. The topological polar surface area (TPSA) is 70.7 Å². The fraction of sp³-hybridized carbons (Fsp3) is 0.364. The number of nitrogens with one attached hydrogen (secondary N) is 2. The maximum atomic E-state index is 12.4. The average Bonchev–Trinajstić information content (AvgIpc) is 2.62. The lowest BCUT2D eigenvalue weighted by Crippen LogP contribution is -2.27. The van der Waals surface area contributed by atoms with Crippen molar-refractivity contribution in [2.45, 2.75) is 39.7 Å². The van der Waals surface area contributed by atoms with Crippen LogP contribution in [0.2, 0.25) is 0 Å². The fourth-order valence-electron chi connectivity index (χ4n) is 2.59. The summed E-state index contributed by atoms with van der Waals surface area (Å²) in [6.07, 6.45) is 0.551. The molecule has 0 atom stereocenters. The molecule has 0 aliphatic heterocycles. The summed E-state index contributed by atoms with van der Waals surface area (Å²) in [6.45, 7) is 8.51. The van der Waals surface area contributed by atoms with Gasteiger partial charge in [0.05, 0.1) is 0 Å². The van der Waals surface area contributed by atoms with Crippen LogP contribution < -0.4 is 15.5 Å². The number of nitrogens with zero attached hydrogens (tertiary/aromatic N) is 1. The van der Waals surface area contributed by atoms with Crippen molar-refractivity contribution >= 4 is 29.1 Å². The molecule has 2 aromatic carbocycles. The van der Waals surface area contributed by atoms with Crippen LogP contribution >= 0.6 is 0 Å². The number of anilines is 3. The molecule has 0 heterocycles. The molecular formula is C22H29N3O3. The Labute approximate surface area is 166 Å². The number of amides is 2. The molecule has 0 saturated heterocycles. The van der Waals surface area contributed by atoms with Gasteiger partial charge in [-0.3, -0.25) is 10.1 Å². The molecule has 0 fully saturated rings. The largest absolute Gasteiger partial charge is 0.444 e. The summed E-state index contributed by atoms with van der Waals surface area (Å²) < 4.78 is 5.21. The van der Waals surface area contributed by atoms with E-state index in [1.165, 1.54) is 0 Å². The van der Waals surface area contributed by atoms with Crippen molar-refractivity contribution in [2.24, 2.45) is 0 Å². The third kappa shape index (κ3) is 6.61. The van der Waals surface area contributed by atoms with Crippen LogP contribution in [0.4, 0.5) is 21.9 Å². The Morgan fingerprint density at radius 1 is 0.929 bits per heavy atom. The van der Waals surface area contributed by atoms with Crippen molar-refractivity contribution < 1.29 is 14.3 Å². The first-order valence-electron chi connectivity index (χ1n) is 9.40. The average molecular weight is 383 g/mol. The van der Waals surface area contributed by atoms with Gasteiger partial charge in [0.1, 0.15) is 5.60 Å². The molecule has 6 heteroatoms. The predicted molar refractivity (Wildman–Crippen MR) is 114 cm³/mol. The van der Waals surface area contributed by atoms with Gasteiger partial charge in [-0.05, 0) is 75.7 Å². The maximum Gasteiger partial charge on any atom is 0.412 e. The summed E-state index contributed by atoms with van der Waals surface area (Å²) >= 11 is 0. The molecule has 0 radical (unpaired) electrons. The maximum absolute atomic E-state index is 12.4. The molecule has 0 saturated carbocycles. The molecular weight excluding hydrogens is 354 g/mol. The van der Waals surface area contributed by atoms with E-state index in [1.807, 2.05) is 31.3 Å². The Morgan fingerprint density at radius 3 is 1.96 bits per heavy atom. The normalized spacial score (nSPS) is 10.9. The Kier molecular flexibility index (Phi) is 7.04. The molecule has 0 aromatic heterocycles. The van der Waals surface area contributed by atoms with Gasteiger partial charge in [-0.1, -0.05) is 6.92 Å². The van der Waals surface area contributed by atoms with Gasteiger partial charge in [0.25, 0.3) is 5.91 Å². The smallest absolute Gasteiger partial charge is 0.412 e. The number of hydrogen-bond acceptors (Lipinski definition) is 4. The molecule has 0 spiro atoms. The van der Waals surface area contributed by atoms with Crippen LogP contribution in [0.25, 0.3) is 0 Å². The van der Waals surface area contributed by atoms with Gasteiger partial charge < -0.3 is 15.0 Å². The van der Waals surface area contributed by atoms with Crippen LogP contribution in [0.5, 0.6) is 0 Å². The van der Waals surface area contributed by atoms with Crippen LogP contribution in [0.1, 0.15) is 44.5 Å². The first-order chi connectivity index (χ1) is 13.2. The molecule has 0 bridgehead atoms. The third-order valence-electron chi connectivity index (χ3n) is 3.92. The highest BCUT2D eigenvalue weighted by atomic mass is 16.6. The van der Waals surface area contributed by atoms with Crippen molar-refractivity contribution in [3.05, 3.63) is 54.1 Å². The lowest BCUT2D eigenvalue weighted by molar-refractivity contribution is 0.0635. The van der Waals surface area contributed by atoms with E-state index in [9.17, 15) is 9.59 Å². The number of carbonyl (C=O) groups is 2. The molecule has 150 valence electrons. The minimum atomic E-state index is -0.557. The molecule has 2 amide bonds. The molecule has 0 aliphatic rings. The molecule has 6 nitrogen and oxygen atoms in total. The number of benzene rings is 2. The highest BCUT2D eigenvalue weighted by molar-refractivity contribution is 6.04. The standard InChI is InChI=1S/C22H29N3O3/c1-6-15-25(5)19-13-7-16(8-14-19)20(26)23-17-9-11-18(12-10-17)24-21(27)28-22(2,3)4/h7-14H,6,15H2,1-5H3,(H,23,26)(H,24,27). The van der Waals surface area contributed by atoms with Gasteiger partial charge in [-0.2, -0.15) is 0 Å². The van der Waals surface area contributed by atoms with Gasteiger partial charge in [0.2, 0.25) is 0 Å². The molecule has 0 aliphatic carbocycles. The van der Waals surface area contributed by atoms with E-state index in [1.54, 1.807) is 45.0 Å². The van der Waals surface area contributed by atoms with Gasteiger partial charge in [-0.25, -0.2) is 4.79 Å². The molecule has 2 N–H and O–H groups in total. The van der Waals surface area contributed by atoms with Gasteiger partial charge >= 0.3 is 6.09 Å². The number of hydrogen-bond donors (Lipinski definition) is 2. The van der Waals surface area contributed by atoms with Crippen molar-refractivity contribution in [3.8, 4) is 0 Å². The first kappa shape index (κ1) is 21.3. The van der Waals surface area contributed by atoms with Crippen molar-refractivity contribution in [2.75, 3.05) is 29.1 Å². The summed E-state index contributed by atoms with van der Waals surface area (Å²) in [6, 6.07) is 14.4. The Hall–Kier alpha value is -3.02.